The normalized spacial score (nSPS) is 20.1. The predicted octanol–water partition coefficient (Wildman–Crippen LogP) is 1.25. The molecule has 0 bridgehead atoms. The Labute approximate surface area is 117 Å². The van der Waals surface area contributed by atoms with Gasteiger partial charge in [0.15, 0.2) is 0 Å². The molecule has 20 heavy (non-hydrogen) atoms. The molecule has 0 aliphatic carbocycles. The van der Waals surface area contributed by atoms with Gasteiger partial charge in [0.1, 0.15) is 11.6 Å². The fourth-order valence-electron chi connectivity index (χ4n) is 2.44. The van der Waals surface area contributed by atoms with Crippen LogP contribution in [0.5, 0.6) is 0 Å². The van der Waals surface area contributed by atoms with Crippen LogP contribution in [-0.4, -0.2) is 36.7 Å². The number of rotatable bonds is 2. The summed E-state index contributed by atoms with van der Waals surface area (Å²) in [5, 5.41) is 9.36. The average molecular weight is 276 g/mol. The second-order valence-corrected chi connectivity index (χ2v) is 4.75. The molecule has 0 aromatic carbocycles. The van der Waals surface area contributed by atoms with Gasteiger partial charge in [-0.05, 0) is 32.3 Å². The highest BCUT2D eigenvalue weighted by Crippen LogP contribution is 2.25. The molecule has 0 spiro atoms. The van der Waals surface area contributed by atoms with Crippen molar-refractivity contribution in [1.29, 1.82) is 5.26 Å². The van der Waals surface area contributed by atoms with Gasteiger partial charge in [0, 0.05) is 18.8 Å². The van der Waals surface area contributed by atoms with Crippen LogP contribution >= 0.6 is 0 Å². The standard InChI is InChI=1S/C14H16N2O4/c1-9(12-13(17)19-8-20-14(12)18)11(7-15)10(2)16-5-3-4-6-16/h3-6,8H2,1-2H3/b11-10+. The molecule has 0 amide bonds. The Morgan fingerprint density at radius 2 is 1.70 bits per heavy atom. The Kier molecular flexibility index (Phi) is 4.08. The lowest BCUT2D eigenvalue weighted by atomic mass is 10.00. The van der Waals surface area contributed by atoms with Gasteiger partial charge in [-0.2, -0.15) is 5.26 Å². The van der Waals surface area contributed by atoms with Gasteiger partial charge in [0.2, 0.25) is 6.79 Å². The van der Waals surface area contributed by atoms with Crippen LogP contribution in [0.4, 0.5) is 0 Å². The van der Waals surface area contributed by atoms with E-state index in [1.807, 2.05) is 6.92 Å². The smallest absolute Gasteiger partial charge is 0.348 e. The number of nitriles is 1. The molecule has 2 rings (SSSR count). The van der Waals surface area contributed by atoms with Crippen LogP contribution in [0.3, 0.4) is 0 Å². The monoisotopic (exact) mass is 276 g/mol. The van der Waals surface area contributed by atoms with Crippen LogP contribution < -0.4 is 0 Å². The van der Waals surface area contributed by atoms with Gasteiger partial charge in [0.05, 0.1) is 5.57 Å². The molecule has 0 aromatic heterocycles. The molecule has 0 unspecified atom stereocenters. The summed E-state index contributed by atoms with van der Waals surface area (Å²) in [7, 11) is 0. The maximum absolute atomic E-state index is 11.7. The van der Waals surface area contributed by atoms with E-state index in [-0.39, 0.29) is 12.4 Å². The first-order valence-corrected chi connectivity index (χ1v) is 6.47. The number of hydrogen-bond donors (Lipinski definition) is 0. The number of cyclic esters (lactones) is 2. The van der Waals surface area contributed by atoms with E-state index in [0.29, 0.717) is 11.1 Å². The molecule has 0 atom stereocenters. The minimum atomic E-state index is -0.735. The molecular formula is C14H16N2O4. The molecule has 0 radical (unpaired) electrons. The highest BCUT2D eigenvalue weighted by Gasteiger charge is 2.31. The molecule has 0 aromatic rings. The van der Waals surface area contributed by atoms with Crippen molar-refractivity contribution in [3.8, 4) is 6.07 Å². The van der Waals surface area contributed by atoms with Gasteiger partial charge in [-0.3, -0.25) is 0 Å². The van der Waals surface area contributed by atoms with Crippen molar-refractivity contribution in [3.63, 3.8) is 0 Å². The zero-order valence-electron chi connectivity index (χ0n) is 11.6. The molecule has 6 heteroatoms. The molecular weight excluding hydrogens is 260 g/mol. The van der Waals surface area contributed by atoms with Crippen molar-refractivity contribution >= 4 is 11.9 Å². The lowest BCUT2D eigenvalue weighted by molar-refractivity contribution is -0.172. The van der Waals surface area contributed by atoms with Gasteiger partial charge in [-0.1, -0.05) is 0 Å². The first kappa shape index (κ1) is 14.1. The molecule has 0 saturated carbocycles. The van der Waals surface area contributed by atoms with Crippen molar-refractivity contribution in [2.45, 2.75) is 26.7 Å². The van der Waals surface area contributed by atoms with Crippen LogP contribution in [-0.2, 0) is 19.1 Å². The van der Waals surface area contributed by atoms with Crippen molar-refractivity contribution in [3.05, 3.63) is 22.4 Å². The van der Waals surface area contributed by atoms with Crippen molar-refractivity contribution < 1.29 is 19.1 Å². The van der Waals surface area contributed by atoms with E-state index in [4.69, 9.17) is 9.47 Å². The third kappa shape index (κ3) is 2.52. The van der Waals surface area contributed by atoms with Crippen LogP contribution in [0.15, 0.2) is 22.4 Å². The number of esters is 2. The Hall–Kier alpha value is -2.29. The molecule has 0 N–H and O–H groups in total. The summed E-state index contributed by atoms with van der Waals surface area (Å²) in [6, 6.07) is 2.08. The Morgan fingerprint density at radius 1 is 1.15 bits per heavy atom. The maximum atomic E-state index is 11.7. The summed E-state index contributed by atoms with van der Waals surface area (Å²) < 4.78 is 9.39. The number of carbonyl (C=O) groups excluding carboxylic acids is 2. The zero-order valence-corrected chi connectivity index (χ0v) is 11.6. The molecule has 106 valence electrons. The molecule has 2 fully saturated rings. The van der Waals surface area contributed by atoms with Gasteiger partial charge in [0.25, 0.3) is 0 Å². The van der Waals surface area contributed by atoms with Crippen molar-refractivity contribution in [1.82, 2.24) is 4.90 Å². The van der Waals surface area contributed by atoms with Gasteiger partial charge in [-0.25, -0.2) is 9.59 Å². The molecule has 2 aliphatic rings. The number of ether oxygens (including phenoxy) is 2. The van der Waals surface area contributed by atoms with E-state index >= 15 is 0 Å². The van der Waals surface area contributed by atoms with E-state index < -0.39 is 11.9 Å². The highest BCUT2D eigenvalue weighted by atomic mass is 16.7. The largest absolute Gasteiger partial charge is 0.424 e. The third-order valence-corrected chi connectivity index (χ3v) is 3.59. The topological polar surface area (TPSA) is 79.6 Å². The number of hydrogen-bond acceptors (Lipinski definition) is 6. The summed E-state index contributed by atoms with van der Waals surface area (Å²) in [5.41, 5.74) is 1.23. The van der Waals surface area contributed by atoms with Crippen LogP contribution in [0.1, 0.15) is 26.7 Å². The van der Waals surface area contributed by atoms with E-state index in [0.717, 1.165) is 31.6 Å². The summed E-state index contributed by atoms with van der Waals surface area (Å²) in [6.07, 6.45) is 2.16. The fourth-order valence-corrected chi connectivity index (χ4v) is 2.44. The van der Waals surface area contributed by atoms with Crippen molar-refractivity contribution in [2.24, 2.45) is 0 Å². The lowest BCUT2D eigenvalue weighted by Crippen LogP contribution is -2.28. The summed E-state index contributed by atoms with van der Waals surface area (Å²) >= 11 is 0. The quantitative estimate of drug-likeness (QED) is 0.327. The Bertz CT molecular complexity index is 530. The maximum Gasteiger partial charge on any atom is 0.348 e. The molecule has 2 saturated heterocycles. The Morgan fingerprint density at radius 3 is 2.20 bits per heavy atom. The molecule has 2 aliphatic heterocycles. The van der Waals surface area contributed by atoms with E-state index in [9.17, 15) is 14.9 Å². The van der Waals surface area contributed by atoms with Gasteiger partial charge >= 0.3 is 11.9 Å². The highest BCUT2D eigenvalue weighted by molar-refractivity contribution is 6.16. The van der Waals surface area contributed by atoms with Gasteiger partial charge < -0.3 is 14.4 Å². The lowest BCUT2D eigenvalue weighted by Gasteiger charge is -2.21. The first-order valence-electron chi connectivity index (χ1n) is 6.47. The molecule has 6 nitrogen and oxygen atoms in total. The number of nitrogens with zero attached hydrogens (tertiary/aromatic N) is 2. The average Bonchev–Trinajstić information content (AvgIpc) is 2.93. The summed E-state index contributed by atoms with van der Waals surface area (Å²) in [4.78, 5) is 25.5. The summed E-state index contributed by atoms with van der Waals surface area (Å²) in [6.45, 7) is 4.79. The second kappa shape index (κ2) is 5.78. The van der Waals surface area contributed by atoms with E-state index in [1.165, 1.54) is 0 Å². The van der Waals surface area contributed by atoms with Crippen LogP contribution in [0.2, 0.25) is 0 Å². The number of allylic oxidation sites excluding steroid dienone is 3. The fraction of sp³-hybridized carbons (Fsp3) is 0.500. The third-order valence-electron chi connectivity index (χ3n) is 3.59. The SMILES string of the molecule is CC(=C1C(=O)OCOC1=O)/C(C#N)=C(\C)N1CCCC1. The van der Waals surface area contributed by atoms with Crippen LogP contribution in [0, 0.1) is 11.3 Å². The minimum absolute atomic E-state index is 0.189. The zero-order chi connectivity index (χ0) is 14.7. The van der Waals surface area contributed by atoms with E-state index in [2.05, 4.69) is 11.0 Å². The first-order chi connectivity index (χ1) is 9.56. The Balaban J connectivity index is 2.44. The predicted molar refractivity (Wildman–Crippen MR) is 68.9 cm³/mol. The van der Waals surface area contributed by atoms with E-state index in [1.54, 1.807) is 6.92 Å². The van der Waals surface area contributed by atoms with Crippen molar-refractivity contribution in [2.75, 3.05) is 19.9 Å². The number of carbonyl (C=O) groups is 2. The van der Waals surface area contributed by atoms with Crippen LogP contribution in [0.25, 0.3) is 0 Å². The second-order valence-electron chi connectivity index (χ2n) is 4.75. The number of likely N-dealkylation sites (tertiary alicyclic amines) is 1. The summed E-state index contributed by atoms with van der Waals surface area (Å²) in [5.74, 6) is -1.47. The minimum Gasteiger partial charge on any atom is -0.424 e. The van der Waals surface area contributed by atoms with Gasteiger partial charge in [-0.15, -0.1) is 0 Å². The molecule has 2 heterocycles.